The third kappa shape index (κ3) is 2.46. The van der Waals surface area contributed by atoms with Gasteiger partial charge in [-0.15, -0.1) is 10.2 Å². The lowest BCUT2D eigenvalue weighted by Crippen LogP contribution is -2.12. The third-order valence-corrected chi connectivity index (χ3v) is 3.63. The largest absolute Gasteiger partial charge is 0.337 e. The van der Waals surface area contributed by atoms with E-state index in [0.29, 0.717) is 5.82 Å². The molecule has 0 fully saturated rings. The standard InChI is InChI=1S/C18H14N4/c1-2-6-13(7-3-1)10-11-17-19-16-12-14-8-4-5-9-15(14)20-18(16)22-21-17/h1-11H,12H2,(H,20,22)/b11-10+. The van der Waals surface area contributed by atoms with Crippen molar-refractivity contribution in [2.24, 2.45) is 0 Å². The van der Waals surface area contributed by atoms with Gasteiger partial charge in [0.15, 0.2) is 11.6 Å². The summed E-state index contributed by atoms with van der Waals surface area (Å²) in [5.41, 5.74) is 4.36. The molecule has 1 aliphatic heterocycles. The topological polar surface area (TPSA) is 50.7 Å². The molecule has 3 aromatic rings. The SMILES string of the molecule is C(=C\c1nnc2c(n1)Cc1ccccc1N2)/c1ccccc1. The fourth-order valence-electron chi connectivity index (χ4n) is 2.50. The van der Waals surface area contributed by atoms with Crippen LogP contribution in [0, 0.1) is 0 Å². The number of hydrogen-bond donors (Lipinski definition) is 1. The van der Waals surface area contributed by atoms with E-state index >= 15 is 0 Å². The minimum absolute atomic E-state index is 0.629. The molecular formula is C18H14N4. The van der Waals surface area contributed by atoms with Gasteiger partial charge >= 0.3 is 0 Å². The molecule has 106 valence electrons. The summed E-state index contributed by atoms with van der Waals surface area (Å²) in [5, 5.41) is 11.7. The molecule has 1 N–H and O–H groups in total. The van der Waals surface area contributed by atoms with Crippen LogP contribution in [0.4, 0.5) is 11.5 Å². The monoisotopic (exact) mass is 286 g/mol. The van der Waals surface area contributed by atoms with Gasteiger partial charge in [0, 0.05) is 12.1 Å². The van der Waals surface area contributed by atoms with Crippen molar-refractivity contribution < 1.29 is 0 Å². The van der Waals surface area contributed by atoms with E-state index in [1.165, 1.54) is 5.56 Å². The molecule has 0 atom stereocenters. The van der Waals surface area contributed by atoms with Crippen molar-refractivity contribution in [3.8, 4) is 0 Å². The van der Waals surface area contributed by atoms with Crippen LogP contribution in [0.25, 0.3) is 12.2 Å². The number of fused-ring (bicyclic) bond motifs is 2. The summed E-state index contributed by atoms with van der Waals surface area (Å²) in [7, 11) is 0. The van der Waals surface area contributed by atoms with Crippen molar-refractivity contribution in [2.75, 3.05) is 5.32 Å². The summed E-state index contributed by atoms with van der Waals surface area (Å²) in [5.74, 6) is 1.37. The molecule has 4 nitrogen and oxygen atoms in total. The first-order valence-electron chi connectivity index (χ1n) is 7.20. The highest BCUT2D eigenvalue weighted by Crippen LogP contribution is 2.29. The minimum Gasteiger partial charge on any atom is -0.337 e. The van der Waals surface area contributed by atoms with Crippen LogP contribution in [0.15, 0.2) is 54.6 Å². The van der Waals surface area contributed by atoms with Gasteiger partial charge in [0.2, 0.25) is 0 Å². The second-order valence-electron chi connectivity index (χ2n) is 5.17. The summed E-state index contributed by atoms with van der Waals surface area (Å²) in [6.45, 7) is 0. The van der Waals surface area contributed by atoms with Gasteiger partial charge in [-0.25, -0.2) is 4.98 Å². The lowest BCUT2D eigenvalue weighted by molar-refractivity contribution is 0.895. The molecule has 0 saturated heterocycles. The Kier molecular flexibility index (Phi) is 3.12. The number of rotatable bonds is 2. The molecule has 22 heavy (non-hydrogen) atoms. The van der Waals surface area contributed by atoms with Crippen molar-refractivity contribution >= 4 is 23.7 Å². The van der Waals surface area contributed by atoms with Crippen molar-refractivity contribution in [1.29, 1.82) is 0 Å². The van der Waals surface area contributed by atoms with E-state index < -0.39 is 0 Å². The van der Waals surface area contributed by atoms with Crippen molar-refractivity contribution in [2.45, 2.75) is 6.42 Å². The van der Waals surface area contributed by atoms with Crippen LogP contribution in [-0.4, -0.2) is 15.2 Å². The third-order valence-electron chi connectivity index (χ3n) is 3.63. The molecular weight excluding hydrogens is 272 g/mol. The Hall–Kier alpha value is -3.01. The normalized spacial score (nSPS) is 12.5. The summed E-state index contributed by atoms with van der Waals surface area (Å²) >= 11 is 0. The smallest absolute Gasteiger partial charge is 0.175 e. The van der Waals surface area contributed by atoms with Crippen LogP contribution < -0.4 is 5.32 Å². The summed E-state index contributed by atoms with van der Waals surface area (Å²) in [6, 6.07) is 18.3. The first-order valence-corrected chi connectivity index (χ1v) is 7.20. The Morgan fingerprint density at radius 3 is 2.59 bits per heavy atom. The number of aromatic nitrogens is 3. The minimum atomic E-state index is 0.629. The van der Waals surface area contributed by atoms with Crippen LogP contribution in [0.1, 0.15) is 22.6 Å². The second-order valence-corrected chi connectivity index (χ2v) is 5.17. The highest BCUT2D eigenvalue weighted by molar-refractivity contribution is 5.69. The van der Waals surface area contributed by atoms with Gasteiger partial charge in [-0.2, -0.15) is 0 Å². The zero-order chi connectivity index (χ0) is 14.8. The van der Waals surface area contributed by atoms with Gasteiger partial charge in [-0.05, 0) is 23.3 Å². The molecule has 2 heterocycles. The van der Waals surface area contributed by atoms with Crippen LogP contribution in [-0.2, 0) is 6.42 Å². The van der Waals surface area contributed by atoms with Gasteiger partial charge in [0.05, 0.1) is 5.69 Å². The van der Waals surface area contributed by atoms with E-state index in [1.807, 2.05) is 60.7 Å². The average molecular weight is 286 g/mol. The maximum atomic E-state index is 4.60. The predicted octanol–water partition coefficient (Wildman–Crippen LogP) is 3.69. The van der Waals surface area contributed by atoms with Gasteiger partial charge in [-0.1, -0.05) is 54.6 Å². The predicted molar refractivity (Wildman–Crippen MR) is 87.7 cm³/mol. The van der Waals surface area contributed by atoms with E-state index in [9.17, 15) is 0 Å². The first-order chi connectivity index (χ1) is 10.9. The number of para-hydroxylation sites is 1. The number of benzene rings is 2. The molecule has 0 aliphatic carbocycles. The molecule has 1 aliphatic rings. The molecule has 0 amide bonds. The number of anilines is 2. The van der Waals surface area contributed by atoms with Crippen LogP contribution in [0.5, 0.6) is 0 Å². The molecule has 4 heteroatoms. The van der Waals surface area contributed by atoms with E-state index in [1.54, 1.807) is 0 Å². The Bertz CT molecular complexity index is 841. The van der Waals surface area contributed by atoms with Crippen molar-refractivity contribution in [1.82, 2.24) is 15.2 Å². The van der Waals surface area contributed by atoms with E-state index in [2.05, 4.69) is 26.6 Å². The maximum absolute atomic E-state index is 4.60. The first kappa shape index (κ1) is 12.7. The molecule has 0 unspecified atom stereocenters. The lowest BCUT2D eigenvalue weighted by atomic mass is 10.0. The Morgan fingerprint density at radius 2 is 1.68 bits per heavy atom. The van der Waals surface area contributed by atoms with Gasteiger partial charge in [0.25, 0.3) is 0 Å². The molecule has 0 spiro atoms. The average Bonchev–Trinajstić information content (AvgIpc) is 2.59. The highest BCUT2D eigenvalue weighted by Gasteiger charge is 2.17. The number of nitrogens with zero attached hydrogens (tertiary/aromatic N) is 3. The molecule has 2 aromatic carbocycles. The Labute approximate surface area is 128 Å². The molecule has 1 aromatic heterocycles. The lowest BCUT2D eigenvalue weighted by Gasteiger charge is -2.18. The van der Waals surface area contributed by atoms with E-state index in [-0.39, 0.29) is 0 Å². The van der Waals surface area contributed by atoms with Gasteiger partial charge < -0.3 is 5.32 Å². The number of hydrogen-bond acceptors (Lipinski definition) is 4. The van der Waals surface area contributed by atoms with Crippen LogP contribution in [0.2, 0.25) is 0 Å². The molecule has 0 radical (unpaired) electrons. The van der Waals surface area contributed by atoms with Gasteiger partial charge in [0.1, 0.15) is 0 Å². The summed E-state index contributed by atoms with van der Waals surface area (Å²) in [4.78, 5) is 4.60. The Balaban J connectivity index is 1.62. The van der Waals surface area contributed by atoms with Gasteiger partial charge in [-0.3, -0.25) is 0 Å². The molecule has 4 rings (SSSR count). The zero-order valence-electron chi connectivity index (χ0n) is 11.9. The maximum Gasteiger partial charge on any atom is 0.175 e. The quantitative estimate of drug-likeness (QED) is 0.610. The number of nitrogens with one attached hydrogen (secondary N) is 1. The summed E-state index contributed by atoms with van der Waals surface area (Å²) < 4.78 is 0. The van der Waals surface area contributed by atoms with Crippen LogP contribution >= 0.6 is 0 Å². The van der Waals surface area contributed by atoms with E-state index in [0.717, 1.165) is 29.2 Å². The fraction of sp³-hybridized carbons (Fsp3) is 0.0556. The van der Waals surface area contributed by atoms with Crippen LogP contribution in [0.3, 0.4) is 0 Å². The van der Waals surface area contributed by atoms with Crippen molar-refractivity contribution in [3.05, 3.63) is 77.2 Å². The molecule has 0 bridgehead atoms. The Morgan fingerprint density at radius 1 is 0.864 bits per heavy atom. The fourth-order valence-corrected chi connectivity index (χ4v) is 2.50. The highest BCUT2D eigenvalue weighted by atomic mass is 15.2. The van der Waals surface area contributed by atoms with Crippen molar-refractivity contribution in [3.63, 3.8) is 0 Å². The summed E-state index contributed by atoms with van der Waals surface area (Å²) in [6.07, 6.45) is 4.66. The van der Waals surface area contributed by atoms with E-state index in [4.69, 9.17) is 0 Å². The second kappa shape index (κ2) is 5.41. The zero-order valence-corrected chi connectivity index (χ0v) is 11.9. The molecule has 0 saturated carbocycles.